The van der Waals surface area contributed by atoms with Crippen LogP contribution in [0, 0.1) is 0 Å². The standard InChI is InChI=1S/C23H27Cl2NO/c1-3-4-5-17(27)12-15-6-8-19-18(9-11-23(26-2)20(19)13-15)16-7-10-21(24)22(25)14-16/h6-8,10,13-14,18,23,26H,3-5,9,11-12H2,1-2H3/t18-,23-/m0/s1. The van der Waals surface area contributed by atoms with E-state index in [-0.39, 0.29) is 0 Å². The summed E-state index contributed by atoms with van der Waals surface area (Å²) in [6.45, 7) is 2.12. The molecular weight excluding hydrogens is 377 g/mol. The molecule has 2 atom stereocenters. The smallest absolute Gasteiger partial charge is 0.137 e. The Kier molecular flexibility index (Phi) is 6.97. The van der Waals surface area contributed by atoms with Gasteiger partial charge < -0.3 is 5.32 Å². The number of hydrogen-bond acceptors (Lipinski definition) is 2. The minimum atomic E-state index is 0.309. The van der Waals surface area contributed by atoms with Crippen LogP contribution in [0.1, 0.15) is 73.2 Å². The van der Waals surface area contributed by atoms with E-state index in [0.29, 0.717) is 40.6 Å². The molecule has 0 amide bonds. The van der Waals surface area contributed by atoms with Gasteiger partial charge in [-0.1, -0.05) is 60.8 Å². The highest BCUT2D eigenvalue weighted by Crippen LogP contribution is 2.42. The second kappa shape index (κ2) is 9.23. The molecule has 0 unspecified atom stereocenters. The summed E-state index contributed by atoms with van der Waals surface area (Å²) >= 11 is 12.4. The number of carbonyl (C=O) groups excluding carboxylic acids is 1. The number of halogens is 2. The van der Waals surface area contributed by atoms with Gasteiger partial charge in [0, 0.05) is 24.8 Å². The maximum Gasteiger partial charge on any atom is 0.137 e. The van der Waals surface area contributed by atoms with Gasteiger partial charge >= 0.3 is 0 Å². The van der Waals surface area contributed by atoms with Crippen molar-refractivity contribution in [3.63, 3.8) is 0 Å². The van der Waals surface area contributed by atoms with Crippen LogP contribution in [0.15, 0.2) is 36.4 Å². The van der Waals surface area contributed by atoms with E-state index in [0.717, 1.165) is 31.2 Å². The van der Waals surface area contributed by atoms with E-state index < -0.39 is 0 Å². The average Bonchev–Trinajstić information content (AvgIpc) is 2.67. The Morgan fingerprint density at radius 3 is 2.59 bits per heavy atom. The average molecular weight is 404 g/mol. The van der Waals surface area contributed by atoms with Crippen molar-refractivity contribution < 1.29 is 4.79 Å². The molecule has 0 aliphatic heterocycles. The van der Waals surface area contributed by atoms with Crippen LogP contribution in [-0.4, -0.2) is 12.8 Å². The largest absolute Gasteiger partial charge is 0.313 e. The van der Waals surface area contributed by atoms with E-state index in [4.69, 9.17) is 23.2 Å². The van der Waals surface area contributed by atoms with Crippen LogP contribution in [0.5, 0.6) is 0 Å². The highest BCUT2D eigenvalue weighted by molar-refractivity contribution is 6.42. The third-order valence-electron chi connectivity index (χ3n) is 5.55. The van der Waals surface area contributed by atoms with Gasteiger partial charge in [0.1, 0.15) is 5.78 Å². The Bertz CT molecular complexity index is 818. The summed E-state index contributed by atoms with van der Waals surface area (Å²) in [4.78, 5) is 12.2. The fourth-order valence-electron chi connectivity index (χ4n) is 4.06. The van der Waals surface area contributed by atoms with Crippen molar-refractivity contribution >= 4 is 29.0 Å². The number of benzene rings is 2. The first kappa shape index (κ1) is 20.4. The monoisotopic (exact) mass is 403 g/mol. The molecule has 4 heteroatoms. The lowest BCUT2D eigenvalue weighted by Gasteiger charge is -2.32. The summed E-state index contributed by atoms with van der Waals surface area (Å²) in [5, 5.41) is 4.63. The van der Waals surface area contributed by atoms with Crippen LogP contribution < -0.4 is 5.32 Å². The fraction of sp³-hybridized carbons (Fsp3) is 0.435. The number of ketones is 1. The van der Waals surface area contributed by atoms with Gasteiger partial charge in [-0.05, 0) is 60.7 Å². The van der Waals surface area contributed by atoms with Crippen molar-refractivity contribution in [3.8, 4) is 0 Å². The van der Waals surface area contributed by atoms with E-state index >= 15 is 0 Å². The highest BCUT2D eigenvalue weighted by atomic mass is 35.5. The molecule has 144 valence electrons. The van der Waals surface area contributed by atoms with Crippen molar-refractivity contribution in [2.45, 2.75) is 57.4 Å². The Balaban J connectivity index is 1.91. The van der Waals surface area contributed by atoms with Gasteiger partial charge in [0.2, 0.25) is 0 Å². The minimum Gasteiger partial charge on any atom is -0.313 e. The van der Waals surface area contributed by atoms with Crippen molar-refractivity contribution in [1.29, 1.82) is 0 Å². The SMILES string of the molecule is CCCCC(=O)Cc1ccc2c(c1)[C@@H](NC)CC[C@H]2c1ccc(Cl)c(Cl)c1. The lowest BCUT2D eigenvalue weighted by Crippen LogP contribution is -2.24. The second-order valence-corrected chi connectivity index (χ2v) is 8.24. The van der Waals surface area contributed by atoms with Crippen molar-refractivity contribution in [2.75, 3.05) is 7.05 Å². The minimum absolute atomic E-state index is 0.309. The van der Waals surface area contributed by atoms with Gasteiger partial charge in [0.15, 0.2) is 0 Å². The number of carbonyl (C=O) groups is 1. The molecule has 2 aromatic carbocycles. The first-order valence-corrected chi connectivity index (χ1v) is 10.6. The fourth-order valence-corrected chi connectivity index (χ4v) is 4.37. The maximum atomic E-state index is 12.2. The van der Waals surface area contributed by atoms with Crippen molar-refractivity contribution in [2.24, 2.45) is 0 Å². The summed E-state index contributed by atoms with van der Waals surface area (Å²) in [6.07, 6.45) is 5.36. The van der Waals surface area contributed by atoms with E-state index in [9.17, 15) is 4.79 Å². The van der Waals surface area contributed by atoms with Gasteiger partial charge in [-0.2, -0.15) is 0 Å². The summed E-state index contributed by atoms with van der Waals surface area (Å²) in [6, 6.07) is 12.8. The molecule has 2 nitrogen and oxygen atoms in total. The topological polar surface area (TPSA) is 29.1 Å². The predicted molar refractivity (Wildman–Crippen MR) is 114 cm³/mol. The number of nitrogens with one attached hydrogen (secondary N) is 1. The number of fused-ring (bicyclic) bond motifs is 1. The van der Waals surface area contributed by atoms with Crippen LogP contribution in [0.4, 0.5) is 0 Å². The van der Waals surface area contributed by atoms with E-state index in [1.807, 2.05) is 19.2 Å². The van der Waals surface area contributed by atoms with Gasteiger partial charge in [-0.3, -0.25) is 4.79 Å². The van der Waals surface area contributed by atoms with Crippen LogP contribution in [0.3, 0.4) is 0 Å². The Labute approximate surface area is 172 Å². The number of Topliss-reactive ketones (excluding diaryl/α,β-unsaturated/α-hetero) is 1. The molecule has 0 fully saturated rings. The zero-order valence-corrected chi connectivity index (χ0v) is 17.5. The van der Waals surface area contributed by atoms with Crippen LogP contribution in [-0.2, 0) is 11.2 Å². The molecule has 1 aliphatic carbocycles. The highest BCUT2D eigenvalue weighted by Gasteiger charge is 2.28. The summed E-state index contributed by atoms with van der Waals surface area (Å²) in [5.74, 6) is 0.638. The molecule has 0 spiro atoms. The Morgan fingerprint density at radius 1 is 1.07 bits per heavy atom. The van der Waals surface area contributed by atoms with Gasteiger partial charge in [-0.25, -0.2) is 0 Å². The van der Waals surface area contributed by atoms with Crippen molar-refractivity contribution in [3.05, 3.63) is 68.7 Å². The first-order valence-electron chi connectivity index (χ1n) is 9.80. The lowest BCUT2D eigenvalue weighted by molar-refractivity contribution is -0.118. The molecule has 3 rings (SSSR count). The molecule has 0 aromatic heterocycles. The van der Waals surface area contributed by atoms with Gasteiger partial charge in [0.05, 0.1) is 10.0 Å². The van der Waals surface area contributed by atoms with E-state index in [2.05, 4.69) is 36.5 Å². The lowest BCUT2D eigenvalue weighted by atomic mass is 9.76. The van der Waals surface area contributed by atoms with Crippen LogP contribution >= 0.6 is 23.2 Å². The number of rotatable bonds is 7. The zero-order chi connectivity index (χ0) is 19.4. The van der Waals surface area contributed by atoms with Gasteiger partial charge in [0.25, 0.3) is 0 Å². The molecule has 0 heterocycles. The second-order valence-electron chi connectivity index (χ2n) is 7.43. The Morgan fingerprint density at radius 2 is 1.89 bits per heavy atom. The predicted octanol–water partition coefficient (Wildman–Crippen LogP) is 6.48. The molecular formula is C23H27Cl2NO. The normalized spacial score (nSPS) is 19.0. The molecule has 0 saturated carbocycles. The number of unbranched alkanes of at least 4 members (excludes halogenated alkanes) is 1. The molecule has 1 aliphatic rings. The third-order valence-corrected chi connectivity index (χ3v) is 6.29. The maximum absolute atomic E-state index is 12.2. The van der Waals surface area contributed by atoms with E-state index in [1.165, 1.54) is 16.7 Å². The summed E-state index contributed by atoms with van der Waals surface area (Å²) < 4.78 is 0. The Hall–Kier alpha value is -1.35. The molecule has 2 aromatic rings. The quantitative estimate of drug-likeness (QED) is 0.572. The molecule has 1 N–H and O–H groups in total. The summed E-state index contributed by atoms with van der Waals surface area (Å²) in [5.41, 5.74) is 4.95. The summed E-state index contributed by atoms with van der Waals surface area (Å²) in [7, 11) is 2.01. The van der Waals surface area contributed by atoms with Crippen LogP contribution in [0.25, 0.3) is 0 Å². The van der Waals surface area contributed by atoms with Crippen molar-refractivity contribution in [1.82, 2.24) is 5.32 Å². The van der Waals surface area contributed by atoms with Gasteiger partial charge in [-0.15, -0.1) is 0 Å². The first-order chi connectivity index (χ1) is 13.0. The third kappa shape index (κ3) is 4.74. The number of hydrogen-bond donors (Lipinski definition) is 1. The molecule has 0 radical (unpaired) electrons. The zero-order valence-electron chi connectivity index (χ0n) is 16.0. The molecule has 0 bridgehead atoms. The molecule has 0 saturated heterocycles. The van der Waals surface area contributed by atoms with E-state index in [1.54, 1.807) is 0 Å². The van der Waals surface area contributed by atoms with Crippen LogP contribution in [0.2, 0.25) is 10.0 Å². The molecule has 27 heavy (non-hydrogen) atoms.